The fourth-order valence-corrected chi connectivity index (χ4v) is 3.56. The number of rotatable bonds is 10. The van der Waals surface area contributed by atoms with Gasteiger partial charge in [0.15, 0.2) is 5.78 Å². The van der Waals surface area contributed by atoms with E-state index in [-0.39, 0.29) is 23.4 Å². The lowest BCUT2D eigenvalue weighted by atomic mass is 9.94. The summed E-state index contributed by atoms with van der Waals surface area (Å²) in [7, 11) is 0. The molecular weight excluding hydrogens is 329 g/mol. The maximum atomic E-state index is 12.9. The van der Waals surface area contributed by atoms with Gasteiger partial charge in [0, 0.05) is 12.3 Å². The Hall–Kier alpha value is -1.97. The molecule has 26 heavy (non-hydrogen) atoms. The van der Waals surface area contributed by atoms with Crippen molar-refractivity contribution in [3.05, 3.63) is 48.3 Å². The van der Waals surface area contributed by atoms with Crippen LogP contribution in [0.3, 0.4) is 0 Å². The standard InChI is InChI=1S/C22H30FNO2/c1-3-6-20(21(25)15-18-7-4-5-8-18)24-22(26)16(2)9-10-17-11-13-19(23)14-12-17/h3,11-14,16,18,20H,1,4-10,15H2,2H3,(H,24,26)/t16-,20-/m0/s1. The Morgan fingerprint density at radius 2 is 1.92 bits per heavy atom. The van der Waals surface area contributed by atoms with Crippen LogP contribution in [0.15, 0.2) is 36.9 Å². The lowest BCUT2D eigenvalue weighted by Gasteiger charge is -2.20. The van der Waals surface area contributed by atoms with Crippen molar-refractivity contribution < 1.29 is 14.0 Å². The minimum absolute atomic E-state index is 0.0984. The molecule has 0 radical (unpaired) electrons. The van der Waals surface area contributed by atoms with E-state index in [9.17, 15) is 14.0 Å². The van der Waals surface area contributed by atoms with Gasteiger partial charge in [-0.3, -0.25) is 9.59 Å². The second kappa shape index (κ2) is 10.2. The number of ketones is 1. The number of carbonyl (C=O) groups excluding carboxylic acids is 2. The summed E-state index contributed by atoms with van der Waals surface area (Å²) in [6, 6.07) is 5.88. The first-order valence-corrected chi connectivity index (χ1v) is 9.68. The first-order chi connectivity index (χ1) is 12.5. The Kier molecular flexibility index (Phi) is 8.02. The van der Waals surface area contributed by atoms with Crippen LogP contribution in [-0.2, 0) is 16.0 Å². The van der Waals surface area contributed by atoms with E-state index in [2.05, 4.69) is 11.9 Å². The molecule has 1 aliphatic carbocycles. The lowest BCUT2D eigenvalue weighted by Crippen LogP contribution is -2.43. The zero-order valence-electron chi connectivity index (χ0n) is 15.7. The van der Waals surface area contributed by atoms with Crippen molar-refractivity contribution in [1.29, 1.82) is 0 Å². The number of benzene rings is 1. The molecule has 3 nitrogen and oxygen atoms in total. The molecule has 0 bridgehead atoms. The van der Waals surface area contributed by atoms with Gasteiger partial charge in [0.1, 0.15) is 5.82 Å². The maximum absolute atomic E-state index is 12.9. The Bertz CT molecular complexity index is 605. The highest BCUT2D eigenvalue weighted by atomic mass is 19.1. The molecule has 1 aromatic carbocycles. The normalized spacial score (nSPS) is 16.8. The molecular formula is C22H30FNO2. The average Bonchev–Trinajstić information content (AvgIpc) is 3.13. The van der Waals surface area contributed by atoms with E-state index in [1.54, 1.807) is 18.2 Å². The fraction of sp³-hybridized carbons (Fsp3) is 0.545. The van der Waals surface area contributed by atoms with Gasteiger partial charge in [-0.25, -0.2) is 4.39 Å². The molecule has 4 heteroatoms. The van der Waals surface area contributed by atoms with E-state index in [4.69, 9.17) is 0 Å². The highest BCUT2D eigenvalue weighted by Crippen LogP contribution is 2.28. The molecule has 0 aromatic heterocycles. The van der Waals surface area contributed by atoms with E-state index < -0.39 is 6.04 Å². The molecule has 1 aromatic rings. The van der Waals surface area contributed by atoms with Gasteiger partial charge in [-0.15, -0.1) is 6.58 Å². The number of hydrogen-bond acceptors (Lipinski definition) is 2. The van der Waals surface area contributed by atoms with E-state index in [1.165, 1.54) is 25.0 Å². The van der Waals surface area contributed by atoms with Crippen molar-refractivity contribution in [3.63, 3.8) is 0 Å². The SMILES string of the molecule is C=CC[C@H](NC(=O)[C@@H](C)CCc1ccc(F)cc1)C(=O)CC1CCCC1. The topological polar surface area (TPSA) is 46.2 Å². The van der Waals surface area contributed by atoms with Crippen LogP contribution >= 0.6 is 0 Å². The average molecular weight is 359 g/mol. The van der Waals surface area contributed by atoms with Gasteiger partial charge in [0.25, 0.3) is 0 Å². The van der Waals surface area contributed by atoms with Crippen LogP contribution in [0.1, 0.15) is 57.4 Å². The number of Topliss-reactive ketones (excluding diaryl/α,β-unsaturated/α-hetero) is 1. The molecule has 142 valence electrons. The van der Waals surface area contributed by atoms with Gasteiger partial charge in [-0.1, -0.05) is 50.8 Å². The molecule has 1 fully saturated rings. The molecule has 2 rings (SSSR count). The molecule has 1 amide bonds. The molecule has 1 aliphatic rings. The van der Waals surface area contributed by atoms with Gasteiger partial charge in [-0.2, -0.15) is 0 Å². The van der Waals surface area contributed by atoms with Crippen LogP contribution in [-0.4, -0.2) is 17.7 Å². The molecule has 0 spiro atoms. The molecule has 0 saturated heterocycles. The highest BCUT2D eigenvalue weighted by Gasteiger charge is 2.26. The van der Waals surface area contributed by atoms with Crippen LogP contribution in [0.4, 0.5) is 4.39 Å². The Morgan fingerprint density at radius 1 is 1.27 bits per heavy atom. The van der Waals surface area contributed by atoms with E-state index in [1.807, 2.05) is 6.92 Å². The third-order valence-corrected chi connectivity index (χ3v) is 5.30. The molecule has 1 saturated carbocycles. The monoisotopic (exact) mass is 359 g/mol. The van der Waals surface area contributed by atoms with Gasteiger partial charge in [0.05, 0.1) is 6.04 Å². The summed E-state index contributed by atoms with van der Waals surface area (Å²) in [5.41, 5.74) is 1.01. The predicted molar refractivity (Wildman–Crippen MR) is 102 cm³/mol. The third kappa shape index (κ3) is 6.40. The second-order valence-electron chi connectivity index (χ2n) is 7.47. The number of amides is 1. The summed E-state index contributed by atoms with van der Waals surface area (Å²) >= 11 is 0. The first-order valence-electron chi connectivity index (χ1n) is 9.68. The van der Waals surface area contributed by atoms with Crippen LogP contribution in [0.2, 0.25) is 0 Å². The zero-order chi connectivity index (χ0) is 18.9. The lowest BCUT2D eigenvalue weighted by molar-refractivity contribution is -0.130. The van der Waals surface area contributed by atoms with E-state index in [0.717, 1.165) is 18.4 Å². The smallest absolute Gasteiger partial charge is 0.223 e. The highest BCUT2D eigenvalue weighted by molar-refractivity contribution is 5.90. The Balaban J connectivity index is 1.83. The minimum atomic E-state index is -0.464. The number of hydrogen-bond donors (Lipinski definition) is 1. The largest absolute Gasteiger partial charge is 0.346 e. The Labute approximate surface area is 156 Å². The summed E-state index contributed by atoms with van der Waals surface area (Å²) in [5.74, 6) is 0.0384. The molecule has 0 aliphatic heterocycles. The van der Waals surface area contributed by atoms with Crippen molar-refractivity contribution in [1.82, 2.24) is 5.32 Å². The maximum Gasteiger partial charge on any atom is 0.223 e. The second-order valence-corrected chi connectivity index (χ2v) is 7.47. The van der Waals surface area contributed by atoms with Gasteiger partial charge in [-0.05, 0) is 42.9 Å². The number of carbonyl (C=O) groups is 2. The molecule has 0 heterocycles. The number of aryl methyl sites for hydroxylation is 1. The van der Waals surface area contributed by atoms with Crippen LogP contribution in [0, 0.1) is 17.7 Å². The van der Waals surface area contributed by atoms with Crippen molar-refractivity contribution in [2.45, 2.75) is 64.3 Å². The summed E-state index contributed by atoms with van der Waals surface area (Å²) in [5, 5.41) is 2.92. The quantitative estimate of drug-likeness (QED) is 0.620. The van der Waals surface area contributed by atoms with Crippen LogP contribution in [0.5, 0.6) is 0 Å². The molecule has 1 N–H and O–H groups in total. The summed E-state index contributed by atoms with van der Waals surface area (Å²) in [4.78, 5) is 25.0. The van der Waals surface area contributed by atoms with Gasteiger partial charge in [0.2, 0.25) is 5.91 Å². The zero-order valence-corrected chi connectivity index (χ0v) is 15.7. The summed E-state index contributed by atoms with van der Waals surface area (Å²) < 4.78 is 12.9. The first kappa shape index (κ1) is 20.3. The summed E-state index contributed by atoms with van der Waals surface area (Å²) in [6.45, 7) is 5.58. The Morgan fingerprint density at radius 3 is 2.54 bits per heavy atom. The van der Waals surface area contributed by atoms with Gasteiger partial charge >= 0.3 is 0 Å². The summed E-state index contributed by atoms with van der Waals surface area (Å²) in [6.07, 6.45) is 8.74. The molecule has 0 unspecified atom stereocenters. The third-order valence-electron chi connectivity index (χ3n) is 5.30. The number of nitrogens with one attached hydrogen (secondary N) is 1. The van der Waals surface area contributed by atoms with Crippen LogP contribution in [0.25, 0.3) is 0 Å². The van der Waals surface area contributed by atoms with E-state index >= 15 is 0 Å². The van der Waals surface area contributed by atoms with Crippen molar-refractivity contribution in [2.24, 2.45) is 11.8 Å². The number of halogens is 1. The van der Waals surface area contributed by atoms with Crippen molar-refractivity contribution >= 4 is 11.7 Å². The molecule has 2 atom stereocenters. The van der Waals surface area contributed by atoms with Gasteiger partial charge < -0.3 is 5.32 Å². The fourth-order valence-electron chi connectivity index (χ4n) is 3.56. The predicted octanol–water partition coefficient (Wildman–Crippen LogP) is 4.60. The van der Waals surface area contributed by atoms with Crippen molar-refractivity contribution in [2.75, 3.05) is 0 Å². The minimum Gasteiger partial charge on any atom is -0.346 e. The van der Waals surface area contributed by atoms with Crippen molar-refractivity contribution in [3.8, 4) is 0 Å². The van der Waals surface area contributed by atoms with E-state index in [0.29, 0.717) is 31.6 Å². The van der Waals surface area contributed by atoms with Crippen LogP contribution < -0.4 is 5.32 Å².